The van der Waals surface area contributed by atoms with E-state index in [4.69, 9.17) is 30.0 Å². The van der Waals surface area contributed by atoms with Gasteiger partial charge in [0.1, 0.15) is 23.9 Å². The van der Waals surface area contributed by atoms with Crippen molar-refractivity contribution in [3.8, 4) is 5.75 Å². The van der Waals surface area contributed by atoms with Crippen molar-refractivity contribution in [2.45, 2.75) is 12.1 Å². The number of amides is 1. The van der Waals surface area contributed by atoms with E-state index >= 15 is 0 Å². The second-order valence-electron chi connectivity index (χ2n) is 5.28. The second kappa shape index (κ2) is 8.13. The largest absolute Gasteiger partial charge is 0.489 e. The van der Waals surface area contributed by atoms with Crippen LogP contribution >= 0.6 is 15.2 Å². The minimum atomic E-state index is -5.16. The molecule has 0 radical (unpaired) electrons. The Morgan fingerprint density at radius 3 is 2.33 bits per heavy atom. The lowest BCUT2D eigenvalue weighted by atomic mass is 10.2. The number of aromatic nitrogens is 2. The summed E-state index contributed by atoms with van der Waals surface area (Å²) in [6.45, 7) is 0.00662. The first-order valence-corrected chi connectivity index (χ1v) is 10.5. The molecule has 0 aliphatic heterocycles. The number of primary amides is 1. The molecule has 0 atom stereocenters. The van der Waals surface area contributed by atoms with E-state index in [0.717, 1.165) is 0 Å². The van der Waals surface area contributed by atoms with E-state index in [1.165, 1.54) is 30.6 Å². The van der Waals surface area contributed by atoms with Gasteiger partial charge in [-0.3, -0.25) is 18.9 Å². The number of rotatable bonds is 8. The molecule has 27 heavy (non-hydrogen) atoms. The minimum absolute atomic E-state index is 0.00662. The molecule has 0 aliphatic rings. The van der Waals surface area contributed by atoms with E-state index < -0.39 is 26.6 Å². The lowest BCUT2D eigenvalue weighted by Gasteiger charge is -2.21. The van der Waals surface area contributed by atoms with Gasteiger partial charge in [0, 0.05) is 18.5 Å². The summed E-state index contributed by atoms with van der Waals surface area (Å²) >= 11 is 0. The Morgan fingerprint density at radius 1 is 1.11 bits per heavy atom. The van der Waals surface area contributed by atoms with E-state index in [0.29, 0.717) is 5.56 Å². The van der Waals surface area contributed by atoms with Gasteiger partial charge in [0.15, 0.2) is 0 Å². The Kier molecular flexibility index (Phi) is 6.32. The van der Waals surface area contributed by atoms with Crippen molar-refractivity contribution in [2.75, 3.05) is 5.32 Å². The number of carbonyl (C=O) groups is 1. The zero-order chi connectivity index (χ0) is 20.2. The molecule has 2 rings (SSSR count). The molecule has 146 valence electrons. The molecule has 14 heteroatoms. The lowest BCUT2D eigenvalue weighted by molar-refractivity contribution is 0.0995. The highest BCUT2D eigenvalue weighted by Crippen LogP contribution is 2.59. The Morgan fingerprint density at radius 2 is 1.74 bits per heavy atom. The number of pyridine rings is 2. The topological polar surface area (TPSA) is 205 Å². The summed E-state index contributed by atoms with van der Waals surface area (Å²) < 4.78 is 28.1. The third kappa shape index (κ3) is 6.10. The molecule has 0 fully saturated rings. The van der Waals surface area contributed by atoms with Gasteiger partial charge in [0.05, 0.1) is 0 Å². The van der Waals surface area contributed by atoms with Crippen molar-refractivity contribution >= 4 is 26.9 Å². The third-order valence-corrected chi connectivity index (χ3v) is 6.47. The van der Waals surface area contributed by atoms with Crippen LogP contribution in [0.4, 0.5) is 5.82 Å². The zero-order valence-corrected chi connectivity index (χ0v) is 15.3. The molecule has 0 saturated carbocycles. The first kappa shape index (κ1) is 21.0. The van der Waals surface area contributed by atoms with Gasteiger partial charge in [-0.05, 0) is 23.8 Å². The van der Waals surface area contributed by atoms with Crippen LogP contribution in [0.3, 0.4) is 0 Å². The maximum Gasteiger partial charge on any atom is 0.360 e. The van der Waals surface area contributed by atoms with Gasteiger partial charge >= 0.3 is 15.2 Å². The number of carbonyl (C=O) groups excluding carboxylic acids is 1. The summed E-state index contributed by atoms with van der Waals surface area (Å²) in [6.07, 6.45) is 2.60. The van der Waals surface area contributed by atoms with Crippen molar-refractivity contribution in [3.63, 3.8) is 0 Å². The number of nitrogens with two attached hydrogens (primary N) is 1. The smallest absolute Gasteiger partial charge is 0.360 e. The average molecular weight is 418 g/mol. The van der Waals surface area contributed by atoms with Crippen molar-refractivity contribution in [1.29, 1.82) is 0 Å². The summed E-state index contributed by atoms with van der Waals surface area (Å²) in [4.78, 5) is 55.1. The summed E-state index contributed by atoms with van der Waals surface area (Å²) in [5.74, 6) is -0.718. The van der Waals surface area contributed by atoms with Gasteiger partial charge in [-0.15, -0.1) is 0 Å². The van der Waals surface area contributed by atoms with Crippen LogP contribution in [0, 0.1) is 0 Å². The number of hydrogen-bond donors (Lipinski definition) is 6. The van der Waals surface area contributed by atoms with Crippen LogP contribution in [0.25, 0.3) is 0 Å². The van der Waals surface area contributed by atoms with Crippen LogP contribution in [0.5, 0.6) is 5.75 Å². The summed E-state index contributed by atoms with van der Waals surface area (Å²) in [5, 5.41) is 2.03. The molecule has 0 aliphatic carbocycles. The fourth-order valence-corrected chi connectivity index (χ4v) is 4.11. The number of nitrogens with zero attached hydrogens (tertiary/aromatic N) is 2. The first-order valence-electron chi connectivity index (χ1n) is 7.17. The second-order valence-corrected chi connectivity index (χ2v) is 9.07. The predicted molar refractivity (Wildman–Crippen MR) is 92.8 cm³/mol. The monoisotopic (exact) mass is 418 g/mol. The quantitative estimate of drug-likeness (QED) is 0.319. The summed E-state index contributed by atoms with van der Waals surface area (Å²) in [5.41, 5.74) is 3.33. The number of anilines is 1. The molecular weight excluding hydrogens is 402 g/mol. The van der Waals surface area contributed by atoms with Gasteiger partial charge in [-0.1, -0.05) is 0 Å². The molecule has 7 N–H and O–H groups in total. The van der Waals surface area contributed by atoms with E-state index in [1.807, 2.05) is 5.32 Å². The van der Waals surface area contributed by atoms with Crippen molar-refractivity contribution in [3.05, 3.63) is 47.9 Å². The van der Waals surface area contributed by atoms with Crippen LogP contribution in [0.1, 0.15) is 16.1 Å². The van der Waals surface area contributed by atoms with Gasteiger partial charge in [-0.2, -0.15) is 0 Å². The minimum Gasteiger partial charge on any atom is -0.489 e. The van der Waals surface area contributed by atoms with Gasteiger partial charge < -0.3 is 35.4 Å². The highest BCUT2D eigenvalue weighted by atomic mass is 31.2. The van der Waals surface area contributed by atoms with Gasteiger partial charge in [-0.25, -0.2) is 4.98 Å². The maximum absolute atomic E-state index is 11.3. The molecule has 2 aromatic heterocycles. The highest BCUT2D eigenvalue weighted by molar-refractivity contribution is 7.71. The SMILES string of the molecule is NC(=O)c1cc(COc2ccnc(NC(P(=O)(O)O)P(=O)(O)O)c2)ccn1. The van der Waals surface area contributed by atoms with Crippen molar-refractivity contribution in [1.82, 2.24) is 9.97 Å². The van der Waals surface area contributed by atoms with Crippen LogP contribution in [0.15, 0.2) is 36.7 Å². The van der Waals surface area contributed by atoms with E-state index in [2.05, 4.69) is 9.97 Å². The van der Waals surface area contributed by atoms with Crippen LogP contribution in [-0.4, -0.2) is 41.0 Å². The zero-order valence-electron chi connectivity index (χ0n) is 13.5. The molecule has 12 nitrogen and oxygen atoms in total. The molecule has 0 unspecified atom stereocenters. The van der Waals surface area contributed by atoms with E-state index in [1.54, 1.807) is 6.07 Å². The van der Waals surface area contributed by atoms with Crippen molar-refractivity contribution < 1.29 is 38.2 Å². The molecule has 1 amide bonds. The fourth-order valence-electron chi connectivity index (χ4n) is 1.94. The fraction of sp³-hybridized carbons (Fsp3) is 0.154. The Bertz CT molecular complexity index is 906. The lowest BCUT2D eigenvalue weighted by Crippen LogP contribution is -2.20. The summed E-state index contributed by atoms with van der Waals surface area (Å²) in [7, 11) is -10.3. The normalized spacial score (nSPS) is 12.0. The van der Waals surface area contributed by atoms with Crippen LogP contribution < -0.4 is 15.8 Å². The van der Waals surface area contributed by atoms with Crippen molar-refractivity contribution in [2.24, 2.45) is 5.73 Å². The number of hydrogen-bond acceptors (Lipinski definition) is 7. The molecular formula is C13H16N4O8P2. The van der Waals surface area contributed by atoms with Crippen LogP contribution in [0.2, 0.25) is 0 Å². The number of nitrogens with one attached hydrogen (secondary N) is 1. The standard InChI is InChI=1S/C13H16N4O8P2/c14-12(18)10-5-8(1-3-15-10)7-25-9-2-4-16-11(6-9)17-13(26(19,20)21)27(22,23)24/h1-6,13H,7H2,(H2,14,18)(H,16,17)(H2,19,20,21)(H2,22,23,24). The maximum atomic E-state index is 11.3. The van der Waals surface area contributed by atoms with Crippen LogP contribution in [-0.2, 0) is 15.7 Å². The Labute approximate surface area is 152 Å². The molecule has 0 spiro atoms. The molecule has 2 heterocycles. The molecule has 0 saturated heterocycles. The number of ether oxygens (including phenoxy) is 1. The highest BCUT2D eigenvalue weighted by Gasteiger charge is 2.43. The van der Waals surface area contributed by atoms with Gasteiger partial charge in [0.2, 0.25) is 5.52 Å². The van der Waals surface area contributed by atoms with E-state index in [9.17, 15) is 13.9 Å². The predicted octanol–water partition coefficient (Wildman–Crippen LogP) is 0.205. The molecule has 0 aromatic carbocycles. The summed E-state index contributed by atoms with van der Waals surface area (Å²) in [6, 6.07) is 5.64. The van der Waals surface area contributed by atoms with E-state index in [-0.39, 0.29) is 23.9 Å². The molecule has 0 bridgehead atoms. The Balaban J connectivity index is 2.13. The Hall–Kier alpha value is -2.33. The third-order valence-electron chi connectivity index (χ3n) is 3.13. The first-order chi connectivity index (χ1) is 12.5. The average Bonchev–Trinajstić information content (AvgIpc) is 2.56. The van der Waals surface area contributed by atoms with Gasteiger partial charge in [0.25, 0.3) is 5.91 Å². The molecule has 2 aromatic rings.